The molecule has 1 aliphatic heterocycles. The van der Waals surface area contributed by atoms with Crippen LogP contribution >= 0.6 is 11.6 Å². The number of ether oxygens (including phenoxy) is 1. The Hall–Kier alpha value is -1.93. The molecule has 2 rings (SSSR count). The molecule has 1 saturated heterocycles. The van der Waals surface area contributed by atoms with Gasteiger partial charge in [0.05, 0.1) is 29.4 Å². The molecule has 100 valence electrons. The summed E-state index contributed by atoms with van der Waals surface area (Å²) >= 11 is 6.01. The van der Waals surface area contributed by atoms with Crippen LogP contribution in [0.25, 0.3) is 0 Å². The van der Waals surface area contributed by atoms with Gasteiger partial charge in [-0.3, -0.25) is 0 Å². The number of carbonyl (C=O) groups is 1. The van der Waals surface area contributed by atoms with E-state index < -0.39 is 6.09 Å². The monoisotopic (exact) mass is 279 g/mol. The van der Waals surface area contributed by atoms with Crippen LogP contribution in [0.4, 0.5) is 10.5 Å². The van der Waals surface area contributed by atoms with Crippen molar-refractivity contribution in [3.63, 3.8) is 0 Å². The molecule has 19 heavy (non-hydrogen) atoms. The lowest BCUT2D eigenvalue weighted by molar-refractivity contribution is 0.167. The lowest BCUT2D eigenvalue weighted by Gasteiger charge is -2.20. The molecule has 1 fully saturated rings. The summed E-state index contributed by atoms with van der Waals surface area (Å²) in [7, 11) is 1.34. The maximum atomic E-state index is 11.2. The van der Waals surface area contributed by atoms with Crippen molar-refractivity contribution in [2.75, 3.05) is 25.1 Å². The fraction of sp³-hybridized carbons (Fsp3) is 0.385. The maximum Gasteiger partial charge on any atom is 0.407 e. The molecule has 1 aliphatic rings. The number of nitrogens with zero attached hydrogens (tertiary/aromatic N) is 2. The summed E-state index contributed by atoms with van der Waals surface area (Å²) in [6.07, 6.45) is 0.380. The van der Waals surface area contributed by atoms with Crippen molar-refractivity contribution in [3.8, 4) is 6.07 Å². The van der Waals surface area contributed by atoms with Crippen LogP contribution in [0.2, 0.25) is 5.02 Å². The van der Waals surface area contributed by atoms with Gasteiger partial charge in [-0.2, -0.15) is 5.26 Å². The lowest BCUT2D eigenvalue weighted by atomic mass is 10.2. The van der Waals surface area contributed by atoms with Gasteiger partial charge in [-0.05, 0) is 18.6 Å². The molecule has 6 heteroatoms. The number of methoxy groups -OCH3 is 1. The number of rotatable bonds is 2. The van der Waals surface area contributed by atoms with Gasteiger partial charge in [-0.25, -0.2) is 4.79 Å². The van der Waals surface area contributed by atoms with Crippen molar-refractivity contribution in [3.05, 3.63) is 28.8 Å². The molecule has 1 atom stereocenters. The summed E-state index contributed by atoms with van der Waals surface area (Å²) in [5, 5.41) is 12.4. The van der Waals surface area contributed by atoms with Gasteiger partial charge in [0.15, 0.2) is 0 Å². The molecule has 0 aliphatic carbocycles. The van der Waals surface area contributed by atoms with E-state index in [-0.39, 0.29) is 6.04 Å². The summed E-state index contributed by atoms with van der Waals surface area (Å²) in [6.45, 7) is 1.41. The molecule has 1 amide bonds. The highest BCUT2D eigenvalue weighted by atomic mass is 35.5. The van der Waals surface area contributed by atoms with Crippen molar-refractivity contribution >= 4 is 23.4 Å². The zero-order valence-corrected chi connectivity index (χ0v) is 11.3. The Morgan fingerprint density at radius 2 is 2.42 bits per heavy atom. The third-order valence-corrected chi connectivity index (χ3v) is 3.45. The quantitative estimate of drug-likeness (QED) is 0.901. The first-order chi connectivity index (χ1) is 9.15. The maximum absolute atomic E-state index is 11.2. The van der Waals surface area contributed by atoms with E-state index in [0.717, 1.165) is 18.7 Å². The van der Waals surface area contributed by atoms with E-state index >= 15 is 0 Å². The molecule has 1 N–H and O–H groups in total. The average Bonchev–Trinajstić information content (AvgIpc) is 2.86. The molecule has 1 heterocycles. The van der Waals surface area contributed by atoms with E-state index in [1.54, 1.807) is 6.07 Å². The predicted molar refractivity (Wildman–Crippen MR) is 72.3 cm³/mol. The molecule has 1 unspecified atom stereocenters. The molecule has 1 aromatic rings. The van der Waals surface area contributed by atoms with E-state index in [4.69, 9.17) is 16.9 Å². The molecule has 5 nitrogen and oxygen atoms in total. The van der Waals surface area contributed by atoms with E-state index in [1.165, 1.54) is 7.11 Å². The number of hydrogen-bond donors (Lipinski definition) is 1. The standard InChI is InChI=1S/C13H14ClN3O2/c1-19-13(18)16-9-5-6-17(8-9)12-4-2-3-11(14)10(12)7-15/h2-4,9H,5-6,8H2,1H3,(H,16,18). The second-order valence-electron chi connectivity index (χ2n) is 4.31. The summed E-state index contributed by atoms with van der Waals surface area (Å²) < 4.78 is 4.58. The van der Waals surface area contributed by atoms with E-state index in [1.807, 2.05) is 17.0 Å². The van der Waals surface area contributed by atoms with Crippen molar-refractivity contribution in [2.24, 2.45) is 0 Å². The van der Waals surface area contributed by atoms with Crippen LogP contribution in [0.15, 0.2) is 18.2 Å². The fourth-order valence-electron chi connectivity index (χ4n) is 2.21. The largest absolute Gasteiger partial charge is 0.453 e. The average molecular weight is 280 g/mol. The second-order valence-corrected chi connectivity index (χ2v) is 4.72. The molecular weight excluding hydrogens is 266 g/mol. The zero-order valence-electron chi connectivity index (χ0n) is 10.5. The molecule has 0 spiro atoms. The number of hydrogen-bond acceptors (Lipinski definition) is 4. The van der Waals surface area contributed by atoms with Gasteiger partial charge < -0.3 is 15.0 Å². The van der Waals surface area contributed by atoms with Gasteiger partial charge >= 0.3 is 6.09 Å². The van der Waals surface area contributed by atoms with Crippen molar-refractivity contribution in [2.45, 2.75) is 12.5 Å². The first kappa shape index (κ1) is 13.5. The summed E-state index contributed by atoms with van der Waals surface area (Å²) in [4.78, 5) is 13.2. The van der Waals surface area contributed by atoms with Gasteiger partial charge in [0.25, 0.3) is 0 Å². The first-order valence-electron chi connectivity index (χ1n) is 5.93. The number of nitrogens with one attached hydrogen (secondary N) is 1. The number of benzene rings is 1. The summed E-state index contributed by atoms with van der Waals surface area (Å²) in [5.74, 6) is 0. The molecule has 0 bridgehead atoms. The van der Waals surface area contributed by atoms with Crippen LogP contribution in [-0.2, 0) is 4.74 Å². The Morgan fingerprint density at radius 3 is 3.11 bits per heavy atom. The number of amides is 1. The number of carbonyl (C=O) groups excluding carboxylic acids is 1. The van der Waals surface area contributed by atoms with E-state index in [2.05, 4.69) is 16.1 Å². The highest BCUT2D eigenvalue weighted by Gasteiger charge is 2.26. The van der Waals surface area contributed by atoms with Gasteiger partial charge in [-0.1, -0.05) is 17.7 Å². The van der Waals surface area contributed by atoms with Crippen LogP contribution in [0.1, 0.15) is 12.0 Å². The Balaban J connectivity index is 2.11. The van der Waals surface area contributed by atoms with Gasteiger partial charge in [-0.15, -0.1) is 0 Å². The van der Waals surface area contributed by atoms with Crippen molar-refractivity contribution in [1.82, 2.24) is 5.32 Å². The van der Waals surface area contributed by atoms with Crippen molar-refractivity contribution < 1.29 is 9.53 Å². The molecule has 0 saturated carbocycles. The third kappa shape index (κ3) is 2.91. The van der Waals surface area contributed by atoms with Crippen LogP contribution < -0.4 is 10.2 Å². The fourth-order valence-corrected chi connectivity index (χ4v) is 2.42. The highest BCUT2D eigenvalue weighted by molar-refractivity contribution is 6.32. The second kappa shape index (κ2) is 5.81. The van der Waals surface area contributed by atoms with Crippen molar-refractivity contribution in [1.29, 1.82) is 5.26 Å². The normalized spacial score (nSPS) is 17.9. The Morgan fingerprint density at radius 1 is 1.63 bits per heavy atom. The number of nitriles is 1. The van der Waals surface area contributed by atoms with Gasteiger partial charge in [0.2, 0.25) is 0 Å². The first-order valence-corrected chi connectivity index (χ1v) is 6.31. The highest BCUT2D eigenvalue weighted by Crippen LogP contribution is 2.29. The van der Waals surface area contributed by atoms with Crippen LogP contribution in [0.5, 0.6) is 0 Å². The van der Waals surface area contributed by atoms with Gasteiger partial charge in [0, 0.05) is 13.1 Å². The van der Waals surface area contributed by atoms with Crippen LogP contribution in [0, 0.1) is 11.3 Å². The van der Waals surface area contributed by atoms with E-state index in [0.29, 0.717) is 17.1 Å². The summed E-state index contributed by atoms with van der Waals surface area (Å²) in [5.41, 5.74) is 1.28. The third-order valence-electron chi connectivity index (χ3n) is 3.14. The SMILES string of the molecule is COC(=O)NC1CCN(c2cccc(Cl)c2C#N)C1. The minimum atomic E-state index is -0.432. The lowest BCUT2D eigenvalue weighted by Crippen LogP contribution is -2.37. The van der Waals surface area contributed by atoms with Crippen LogP contribution in [0.3, 0.4) is 0 Å². The predicted octanol–water partition coefficient (Wildman–Crippen LogP) is 2.15. The smallest absolute Gasteiger partial charge is 0.407 e. The van der Waals surface area contributed by atoms with Gasteiger partial charge in [0.1, 0.15) is 6.07 Å². The summed E-state index contributed by atoms with van der Waals surface area (Å²) in [6, 6.07) is 7.53. The van der Waals surface area contributed by atoms with Crippen LogP contribution in [-0.4, -0.2) is 32.3 Å². The number of halogens is 1. The molecule has 0 aromatic heterocycles. The minimum Gasteiger partial charge on any atom is -0.453 e. The molecule has 0 radical (unpaired) electrons. The Kier molecular flexibility index (Phi) is 4.13. The minimum absolute atomic E-state index is 0.0259. The van der Waals surface area contributed by atoms with E-state index in [9.17, 15) is 4.79 Å². The number of alkyl carbamates (subject to hydrolysis) is 1. The Labute approximate surface area is 116 Å². The topological polar surface area (TPSA) is 65.4 Å². The molecular formula is C13H14ClN3O2. The zero-order chi connectivity index (χ0) is 13.8. The number of anilines is 1. The Bertz CT molecular complexity index is 527. The molecule has 1 aromatic carbocycles.